The zero-order valence-corrected chi connectivity index (χ0v) is 13.4. The molecule has 0 fully saturated rings. The maximum atomic E-state index is 4.63. The number of hydrogen-bond donors (Lipinski definition) is 1. The summed E-state index contributed by atoms with van der Waals surface area (Å²) < 4.78 is 2.14. The Morgan fingerprint density at radius 2 is 1.86 bits per heavy atom. The lowest BCUT2D eigenvalue weighted by atomic mass is 10.0. The van der Waals surface area contributed by atoms with Crippen molar-refractivity contribution in [3.05, 3.63) is 42.7 Å². The molecule has 2 aromatic rings. The highest BCUT2D eigenvalue weighted by atomic mass is 15.3. The van der Waals surface area contributed by atoms with E-state index in [0.717, 1.165) is 13.0 Å². The Hall–Kier alpha value is -1.61. The molecule has 2 atom stereocenters. The van der Waals surface area contributed by atoms with Crippen LogP contribution >= 0.6 is 0 Å². The average Bonchev–Trinajstić information content (AvgIpc) is 2.99. The van der Waals surface area contributed by atoms with Gasteiger partial charge in [0, 0.05) is 17.8 Å². The van der Waals surface area contributed by atoms with Crippen LogP contribution in [0.4, 0.5) is 0 Å². The van der Waals surface area contributed by atoms with E-state index in [2.05, 4.69) is 66.3 Å². The molecule has 0 aliphatic carbocycles. The molecule has 0 amide bonds. The van der Waals surface area contributed by atoms with E-state index in [-0.39, 0.29) is 0 Å². The molecule has 1 N–H and O–H groups in total. The number of benzene rings is 1. The van der Waals surface area contributed by atoms with Gasteiger partial charge in [-0.25, -0.2) is 0 Å². The van der Waals surface area contributed by atoms with Crippen molar-refractivity contribution in [3.63, 3.8) is 0 Å². The van der Waals surface area contributed by atoms with Gasteiger partial charge in [-0.1, -0.05) is 57.5 Å². The second-order valence-corrected chi connectivity index (χ2v) is 5.50. The molecular formula is C18H27N3. The van der Waals surface area contributed by atoms with Crippen LogP contribution < -0.4 is 5.32 Å². The van der Waals surface area contributed by atoms with Crippen molar-refractivity contribution in [3.8, 4) is 11.1 Å². The third kappa shape index (κ3) is 3.94. The number of rotatable bonds is 8. The van der Waals surface area contributed by atoms with Gasteiger partial charge in [-0.3, -0.25) is 4.68 Å². The van der Waals surface area contributed by atoms with Crippen LogP contribution in [0.3, 0.4) is 0 Å². The van der Waals surface area contributed by atoms with Gasteiger partial charge in [-0.05, 0) is 24.9 Å². The highest BCUT2D eigenvalue weighted by Gasteiger charge is 2.21. The Morgan fingerprint density at radius 3 is 2.48 bits per heavy atom. The summed E-state index contributed by atoms with van der Waals surface area (Å²) in [6.07, 6.45) is 7.64. The minimum absolute atomic E-state index is 0.419. The summed E-state index contributed by atoms with van der Waals surface area (Å²) in [7, 11) is 0. The SMILES string of the molecule is CCCC(NCC)C(CC)n1cc(-c2ccccc2)cn1. The van der Waals surface area contributed by atoms with Crippen LogP contribution in [-0.2, 0) is 0 Å². The molecule has 0 spiro atoms. The second-order valence-electron chi connectivity index (χ2n) is 5.50. The zero-order valence-electron chi connectivity index (χ0n) is 13.4. The van der Waals surface area contributed by atoms with Gasteiger partial charge in [0.15, 0.2) is 0 Å². The third-order valence-electron chi connectivity index (χ3n) is 4.00. The lowest BCUT2D eigenvalue weighted by Crippen LogP contribution is -2.37. The van der Waals surface area contributed by atoms with E-state index in [4.69, 9.17) is 0 Å². The van der Waals surface area contributed by atoms with Crippen LogP contribution in [0.5, 0.6) is 0 Å². The minimum atomic E-state index is 0.419. The van der Waals surface area contributed by atoms with Crippen molar-refractivity contribution in [1.29, 1.82) is 0 Å². The summed E-state index contributed by atoms with van der Waals surface area (Å²) in [5.41, 5.74) is 2.43. The van der Waals surface area contributed by atoms with Crippen molar-refractivity contribution in [2.75, 3.05) is 6.54 Å². The van der Waals surface area contributed by atoms with Crippen molar-refractivity contribution >= 4 is 0 Å². The number of nitrogens with zero attached hydrogens (tertiary/aromatic N) is 2. The molecule has 3 nitrogen and oxygen atoms in total. The summed E-state index contributed by atoms with van der Waals surface area (Å²) in [6.45, 7) is 7.67. The predicted octanol–water partition coefficient (Wildman–Crippen LogP) is 4.28. The molecule has 21 heavy (non-hydrogen) atoms. The monoisotopic (exact) mass is 285 g/mol. The van der Waals surface area contributed by atoms with Crippen LogP contribution in [0, 0.1) is 0 Å². The van der Waals surface area contributed by atoms with E-state index in [1.54, 1.807) is 0 Å². The van der Waals surface area contributed by atoms with Gasteiger partial charge in [0.05, 0.1) is 12.2 Å². The highest BCUT2D eigenvalue weighted by Crippen LogP contribution is 2.24. The van der Waals surface area contributed by atoms with Gasteiger partial charge in [-0.2, -0.15) is 5.10 Å². The molecule has 0 aliphatic heterocycles. The first-order chi connectivity index (χ1) is 10.3. The Morgan fingerprint density at radius 1 is 1.10 bits per heavy atom. The molecule has 3 heteroatoms. The average molecular weight is 285 g/mol. The van der Waals surface area contributed by atoms with Crippen LogP contribution in [0.1, 0.15) is 46.1 Å². The van der Waals surface area contributed by atoms with Crippen molar-refractivity contribution in [1.82, 2.24) is 15.1 Å². The molecule has 2 rings (SSSR count). The summed E-state index contributed by atoms with van der Waals surface area (Å²) in [6, 6.07) is 11.4. The smallest absolute Gasteiger partial charge is 0.0669 e. The van der Waals surface area contributed by atoms with Crippen molar-refractivity contribution in [2.24, 2.45) is 0 Å². The Kier molecular flexibility index (Phi) is 6.00. The molecular weight excluding hydrogens is 258 g/mol. The standard InChI is InChI=1S/C18H27N3/c1-4-10-17(19-6-3)18(5-2)21-14-16(13-20-21)15-11-8-7-9-12-15/h7-9,11-14,17-19H,4-6,10H2,1-3H3. The molecule has 1 heterocycles. The molecule has 1 aromatic heterocycles. The normalized spacial score (nSPS) is 14.0. The maximum Gasteiger partial charge on any atom is 0.0669 e. The van der Waals surface area contributed by atoms with E-state index >= 15 is 0 Å². The maximum absolute atomic E-state index is 4.63. The van der Waals surface area contributed by atoms with E-state index in [1.165, 1.54) is 24.0 Å². The van der Waals surface area contributed by atoms with E-state index in [1.807, 2.05) is 12.3 Å². The Labute approximate surface area is 128 Å². The summed E-state index contributed by atoms with van der Waals surface area (Å²) in [5, 5.41) is 8.25. The molecule has 0 saturated carbocycles. The van der Waals surface area contributed by atoms with Crippen molar-refractivity contribution in [2.45, 2.75) is 52.1 Å². The van der Waals surface area contributed by atoms with E-state index in [0.29, 0.717) is 12.1 Å². The van der Waals surface area contributed by atoms with Gasteiger partial charge in [0.2, 0.25) is 0 Å². The zero-order chi connectivity index (χ0) is 15.1. The molecule has 2 unspecified atom stereocenters. The molecule has 0 bridgehead atoms. The second kappa shape index (κ2) is 7.99. The first kappa shape index (κ1) is 15.8. The number of aromatic nitrogens is 2. The van der Waals surface area contributed by atoms with Crippen molar-refractivity contribution < 1.29 is 0 Å². The first-order valence-corrected chi connectivity index (χ1v) is 8.13. The third-order valence-corrected chi connectivity index (χ3v) is 4.00. The molecule has 1 aromatic carbocycles. The van der Waals surface area contributed by atoms with Crippen LogP contribution in [-0.4, -0.2) is 22.4 Å². The number of likely N-dealkylation sites (N-methyl/N-ethyl adjacent to an activating group) is 1. The van der Waals surface area contributed by atoms with Gasteiger partial charge in [0.25, 0.3) is 0 Å². The van der Waals surface area contributed by atoms with Gasteiger partial charge in [-0.15, -0.1) is 0 Å². The first-order valence-electron chi connectivity index (χ1n) is 8.13. The Balaban J connectivity index is 2.20. The number of hydrogen-bond acceptors (Lipinski definition) is 2. The van der Waals surface area contributed by atoms with Gasteiger partial charge >= 0.3 is 0 Å². The number of nitrogens with one attached hydrogen (secondary N) is 1. The predicted molar refractivity (Wildman–Crippen MR) is 89.4 cm³/mol. The van der Waals surface area contributed by atoms with E-state index in [9.17, 15) is 0 Å². The molecule has 0 aliphatic rings. The largest absolute Gasteiger partial charge is 0.312 e. The fraction of sp³-hybridized carbons (Fsp3) is 0.500. The summed E-state index contributed by atoms with van der Waals surface area (Å²) in [4.78, 5) is 0. The quantitative estimate of drug-likeness (QED) is 0.784. The lowest BCUT2D eigenvalue weighted by molar-refractivity contribution is 0.304. The van der Waals surface area contributed by atoms with Crippen LogP contribution in [0.2, 0.25) is 0 Å². The van der Waals surface area contributed by atoms with Gasteiger partial charge in [0.1, 0.15) is 0 Å². The topological polar surface area (TPSA) is 29.9 Å². The minimum Gasteiger partial charge on any atom is -0.312 e. The molecule has 0 saturated heterocycles. The fourth-order valence-corrected chi connectivity index (χ4v) is 2.96. The van der Waals surface area contributed by atoms with Crippen LogP contribution in [0.25, 0.3) is 11.1 Å². The van der Waals surface area contributed by atoms with Gasteiger partial charge < -0.3 is 5.32 Å². The van der Waals surface area contributed by atoms with Crippen LogP contribution in [0.15, 0.2) is 42.7 Å². The summed E-state index contributed by atoms with van der Waals surface area (Å²) in [5.74, 6) is 0. The fourth-order valence-electron chi connectivity index (χ4n) is 2.96. The molecule has 0 radical (unpaired) electrons. The Bertz CT molecular complexity index is 512. The highest BCUT2D eigenvalue weighted by molar-refractivity contribution is 5.61. The lowest BCUT2D eigenvalue weighted by Gasteiger charge is -2.27. The molecule has 114 valence electrons. The summed E-state index contributed by atoms with van der Waals surface area (Å²) >= 11 is 0. The van der Waals surface area contributed by atoms with E-state index < -0.39 is 0 Å².